The molecule has 4 unspecified atom stereocenters. The molecule has 0 bridgehead atoms. The van der Waals surface area contributed by atoms with Gasteiger partial charge in [-0.05, 0) is 71.1 Å². The lowest BCUT2D eigenvalue weighted by Gasteiger charge is -2.47. The van der Waals surface area contributed by atoms with E-state index in [-0.39, 0.29) is 34.2 Å². The third-order valence-electron chi connectivity index (χ3n) is 7.97. The minimum Gasteiger partial charge on any atom is -0.378 e. The molecule has 0 spiro atoms. The lowest BCUT2D eigenvalue weighted by Crippen LogP contribution is -2.50. The summed E-state index contributed by atoms with van der Waals surface area (Å²) in [6.45, 7) is 33.1. The summed E-state index contributed by atoms with van der Waals surface area (Å²) in [6.07, 6.45) is 0.981. The molecule has 0 aromatic heterocycles. The SMILES string of the molecule is CC(N)CC(C)(C)OCC(C)C(C)(C)C(C)(C)OCC(C)(C)C(C)OCC(C)C(C)C. The summed E-state index contributed by atoms with van der Waals surface area (Å²) in [5.41, 5.74) is 5.34. The molecule has 4 atom stereocenters. The van der Waals surface area contributed by atoms with Crippen molar-refractivity contribution in [2.45, 2.75) is 127 Å². The molecule has 0 fully saturated rings. The predicted octanol–water partition coefficient (Wildman–Crippen LogP) is 6.70. The monoisotopic (exact) mass is 443 g/mol. The number of ether oxygens (including phenoxy) is 3. The second-order valence-electron chi connectivity index (χ2n) is 12.9. The number of rotatable bonds is 15. The van der Waals surface area contributed by atoms with Gasteiger partial charge in [-0.2, -0.15) is 0 Å². The number of hydrogen-bond donors (Lipinski definition) is 1. The Morgan fingerprint density at radius 3 is 1.71 bits per heavy atom. The van der Waals surface area contributed by atoms with Gasteiger partial charge in [0.25, 0.3) is 0 Å². The molecule has 4 heteroatoms. The van der Waals surface area contributed by atoms with Crippen LogP contribution in [-0.4, -0.2) is 43.2 Å². The summed E-state index contributed by atoms with van der Waals surface area (Å²) in [6, 6.07) is 0.132. The van der Waals surface area contributed by atoms with E-state index < -0.39 is 0 Å². The van der Waals surface area contributed by atoms with Crippen molar-refractivity contribution in [1.82, 2.24) is 0 Å². The number of hydrogen-bond acceptors (Lipinski definition) is 4. The average molecular weight is 444 g/mol. The normalized spacial score (nSPS) is 18.2. The third-order valence-corrected chi connectivity index (χ3v) is 7.97. The molecule has 0 aromatic carbocycles. The number of nitrogens with two attached hydrogens (primary N) is 1. The topological polar surface area (TPSA) is 53.7 Å². The Labute approximate surface area is 195 Å². The van der Waals surface area contributed by atoms with Crippen molar-refractivity contribution >= 4 is 0 Å². The molecule has 0 radical (unpaired) electrons. The van der Waals surface area contributed by atoms with Crippen molar-refractivity contribution in [1.29, 1.82) is 0 Å². The van der Waals surface area contributed by atoms with Crippen LogP contribution in [0.25, 0.3) is 0 Å². The van der Waals surface area contributed by atoms with Gasteiger partial charge in [-0.1, -0.05) is 55.4 Å². The summed E-state index contributed by atoms with van der Waals surface area (Å²) >= 11 is 0. The van der Waals surface area contributed by atoms with Crippen molar-refractivity contribution in [3.63, 3.8) is 0 Å². The van der Waals surface area contributed by atoms with E-state index in [0.717, 1.165) is 13.0 Å². The van der Waals surface area contributed by atoms with Crippen LogP contribution in [0.4, 0.5) is 0 Å². The molecule has 0 aromatic rings. The predicted molar refractivity (Wildman–Crippen MR) is 134 cm³/mol. The van der Waals surface area contributed by atoms with Crippen LogP contribution in [0.2, 0.25) is 0 Å². The maximum atomic E-state index is 6.60. The summed E-state index contributed by atoms with van der Waals surface area (Å²) < 4.78 is 19.1. The standard InChI is InChI=1S/C27H57NO3/c1-19(2)20(3)16-29-23(6)24(7,8)18-31-27(13,14)26(11,12)21(4)17-30-25(9,10)15-22(5)28/h19-23H,15-18,28H2,1-14H3. The van der Waals surface area contributed by atoms with Crippen molar-refractivity contribution in [2.24, 2.45) is 34.3 Å². The van der Waals surface area contributed by atoms with Gasteiger partial charge in [-0.3, -0.25) is 0 Å². The minimum absolute atomic E-state index is 0.0657. The first kappa shape index (κ1) is 30.8. The van der Waals surface area contributed by atoms with Gasteiger partial charge < -0.3 is 19.9 Å². The van der Waals surface area contributed by atoms with E-state index in [1.165, 1.54) is 0 Å². The zero-order chi connectivity index (χ0) is 24.8. The Morgan fingerprint density at radius 2 is 1.26 bits per heavy atom. The molecule has 4 nitrogen and oxygen atoms in total. The van der Waals surface area contributed by atoms with Crippen LogP contribution in [-0.2, 0) is 14.2 Å². The highest BCUT2D eigenvalue weighted by atomic mass is 16.5. The highest BCUT2D eigenvalue weighted by molar-refractivity contribution is 4.93. The van der Waals surface area contributed by atoms with Gasteiger partial charge >= 0.3 is 0 Å². The third kappa shape index (κ3) is 10.1. The van der Waals surface area contributed by atoms with Gasteiger partial charge in [-0.15, -0.1) is 0 Å². The molecule has 188 valence electrons. The zero-order valence-corrected chi connectivity index (χ0v) is 23.5. The molecular formula is C27H57NO3. The Hall–Kier alpha value is -0.160. The van der Waals surface area contributed by atoms with Crippen LogP contribution in [0.5, 0.6) is 0 Å². The quantitative estimate of drug-likeness (QED) is 0.306. The van der Waals surface area contributed by atoms with E-state index in [0.29, 0.717) is 31.0 Å². The van der Waals surface area contributed by atoms with Crippen LogP contribution < -0.4 is 5.73 Å². The molecular weight excluding hydrogens is 386 g/mol. The fraction of sp³-hybridized carbons (Fsp3) is 1.00. The molecule has 0 saturated carbocycles. The average Bonchev–Trinajstić information content (AvgIpc) is 2.60. The first-order valence-corrected chi connectivity index (χ1v) is 12.4. The van der Waals surface area contributed by atoms with Crippen molar-refractivity contribution < 1.29 is 14.2 Å². The van der Waals surface area contributed by atoms with Gasteiger partial charge in [-0.25, -0.2) is 0 Å². The molecule has 0 aliphatic carbocycles. The summed E-state index contributed by atoms with van der Waals surface area (Å²) in [5, 5.41) is 0. The van der Waals surface area contributed by atoms with Crippen LogP contribution in [0, 0.1) is 28.6 Å². The summed E-state index contributed by atoms with van der Waals surface area (Å²) in [4.78, 5) is 0. The van der Waals surface area contributed by atoms with Gasteiger partial charge in [0, 0.05) is 18.1 Å². The maximum absolute atomic E-state index is 6.60. The van der Waals surface area contributed by atoms with E-state index >= 15 is 0 Å². The maximum Gasteiger partial charge on any atom is 0.0680 e. The first-order chi connectivity index (χ1) is 13.7. The Morgan fingerprint density at radius 1 is 0.742 bits per heavy atom. The zero-order valence-electron chi connectivity index (χ0n) is 23.5. The lowest BCUT2D eigenvalue weighted by molar-refractivity contribution is -0.169. The van der Waals surface area contributed by atoms with E-state index in [4.69, 9.17) is 19.9 Å². The Balaban J connectivity index is 4.95. The smallest absolute Gasteiger partial charge is 0.0680 e. The van der Waals surface area contributed by atoms with Crippen LogP contribution in [0.1, 0.15) is 103 Å². The highest BCUT2D eigenvalue weighted by Gasteiger charge is 2.44. The van der Waals surface area contributed by atoms with E-state index in [1.807, 2.05) is 6.92 Å². The van der Waals surface area contributed by atoms with Crippen LogP contribution >= 0.6 is 0 Å². The lowest BCUT2D eigenvalue weighted by atomic mass is 9.68. The molecule has 0 saturated heterocycles. The van der Waals surface area contributed by atoms with Crippen molar-refractivity contribution in [3.8, 4) is 0 Å². The molecule has 0 aliphatic rings. The van der Waals surface area contributed by atoms with E-state index in [9.17, 15) is 0 Å². The van der Waals surface area contributed by atoms with Crippen LogP contribution in [0.15, 0.2) is 0 Å². The largest absolute Gasteiger partial charge is 0.378 e. The molecule has 0 rings (SSSR count). The van der Waals surface area contributed by atoms with Gasteiger partial charge in [0.05, 0.1) is 30.5 Å². The van der Waals surface area contributed by atoms with Gasteiger partial charge in [0.1, 0.15) is 0 Å². The van der Waals surface area contributed by atoms with Crippen molar-refractivity contribution in [2.75, 3.05) is 19.8 Å². The summed E-state index contributed by atoms with van der Waals surface area (Å²) in [7, 11) is 0. The van der Waals surface area contributed by atoms with Crippen LogP contribution in [0.3, 0.4) is 0 Å². The fourth-order valence-electron chi connectivity index (χ4n) is 3.37. The first-order valence-electron chi connectivity index (χ1n) is 12.4. The molecule has 0 heterocycles. The highest BCUT2D eigenvalue weighted by Crippen LogP contribution is 2.42. The van der Waals surface area contributed by atoms with E-state index in [2.05, 4.69) is 90.0 Å². The Kier molecular flexibility index (Phi) is 11.8. The molecule has 0 aliphatic heterocycles. The van der Waals surface area contributed by atoms with Gasteiger partial charge in [0.15, 0.2) is 0 Å². The summed E-state index contributed by atoms with van der Waals surface area (Å²) in [5.74, 6) is 1.52. The van der Waals surface area contributed by atoms with Gasteiger partial charge in [0.2, 0.25) is 0 Å². The molecule has 0 amide bonds. The second kappa shape index (κ2) is 11.8. The van der Waals surface area contributed by atoms with E-state index in [1.54, 1.807) is 0 Å². The van der Waals surface area contributed by atoms with Crippen molar-refractivity contribution in [3.05, 3.63) is 0 Å². The Bertz CT molecular complexity index is 509. The second-order valence-corrected chi connectivity index (χ2v) is 12.9. The molecule has 2 N–H and O–H groups in total. The minimum atomic E-state index is -0.302. The fourth-order valence-corrected chi connectivity index (χ4v) is 3.37. The molecule has 31 heavy (non-hydrogen) atoms.